The third-order valence-corrected chi connectivity index (χ3v) is 8.57. The predicted octanol–water partition coefficient (Wildman–Crippen LogP) is 4.08. The molecule has 10 heteroatoms. The van der Waals surface area contributed by atoms with E-state index < -0.39 is 47.2 Å². The quantitative estimate of drug-likeness (QED) is 0.289. The molecule has 0 spiro atoms. The number of hydrogen-bond acceptors (Lipinski definition) is 7. The maximum absolute atomic E-state index is 13.9. The summed E-state index contributed by atoms with van der Waals surface area (Å²) in [7, 11) is 0. The number of carbonyl (C=O) groups excluding carboxylic acids is 4. The van der Waals surface area contributed by atoms with Gasteiger partial charge >= 0.3 is 5.97 Å². The van der Waals surface area contributed by atoms with Gasteiger partial charge in [-0.2, -0.15) is 0 Å². The maximum Gasteiger partial charge on any atom is 0.339 e. The van der Waals surface area contributed by atoms with Crippen molar-refractivity contribution >= 4 is 46.6 Å². The van der Waals surface area contributed by atoms with Crippen LogP contribution in [0.25, 0.3) is 0 Å². The number of phenolic OH excluding ortho intramolecular Hbond substituents is 1. The van der Waals surface area contributed by atoms with Gasteiger partial charge in [0.1, 0.15) is 17.1 Å². The minimum atomic E-state index is -1.36. The lowest BCUT2D eigenvalue weighted by Crippen LogP contribution is -2.39. The Bertz CT molecular complexity index is 1680. The molecule has 1 fully saturated rings. The first-order valence-electron chi connectivity index (χ1n) is 12.6. The van der Waals surface area contributed by atoms with Crippen molar-refractivity contribution in [2.75, 3.05) is 4.90 Å². The summed E-state index contributed by atoms with van der Waals surface area (Å²) in [5, 5.41) is 30.6. The summed E-state index contributed by atoms with van der Waals surface area (Å²) >= 11 is 6.27. The van der Waals surface area contributed by atoms with Crippen LogP contribution in [0.2, 0.25) is 5.02 Å². The Morgan fingerprint density at radius 3 is 2.42 bits per heavy atom. The molecule has 0 saturated carbocycles. The van der Waals surface area contributed by atoms with Crippen molar-refractivity contribution in [3.05, 3.63) is 87.0 Å². The zero-order valence-corrected chi connectivity index (χ0v) is 21.8. The molecule has 2 aromatic rings. The number of hydrogen-bond donors (Lipinski definition) is 3. The van der Waals surface area contributed by atoms with Gasteiger partial charge in [0.05, 0.1) is 17.5 Å². The highest BCUT2D eigenvalue weighted by molar-refractivity contribution is 6.30. The number of allylic oxidation sites excluding steroid dienone is 6. The van der Waals surface area contributed by atoms with Gasteiger partial charge in [-0.3, -0.25) is 19.2 Å². The monoisotopic (exact) mass is 559 g/mol. The lowest BCUT2D eigenvalue weighted by atomic mass is 9.59. The number of amides is 2. The van der Waals surface area contributed by atoms with E-state index in [0.717, 1.165) is 17.0 Å². The van der Waals surface area contributed by atoms with E-state index in [1.807, 2.05) is 6.08 Å². The number of benzene rings is 2. The van der Waals surface area contributed by atoms with E-state index in [1.165, 1.54) is 30.3 Å². The Morgan fingerprint density at radius 1 is 0.975 bits per heavy atom. The molecule has 202 valence electrons. The van der Waals surface area contributed by atoms with Crippen LogP contribution in [0.5, 0.6) is 11.5 Å². The number of aromatic hydroxyl groups is 2. The number of carbonyl (C=O) groups is 5. The molecule has 4 aliphatic rings. The number of fused-ring (bicyclic) bond motifs is 3. The number of halogens is 1. The molecule has 9 nitrogen and oxygen atoms in total. The largest absolute Gasteiger partial charge is 0.508 e. The van der Waals surface area contributed by atoms with E-state index in [9.17, 15) is 39.3 Å². The molecule has 0 aromatic heterocycles. The Labute approximate surface area is 232 Å². The molecule has 2 amide bonds. The number of ketones is 2. The van der Waals surface area contributed by atoms with Gasteiger partial charge < -0.3 is 15.3 Å². The van der Waals surface area contributed by atoms with Gasteiger partial charge in [-0.1, -0.05) is 23.3 Å². The first-order chi connectivity index (χ1) is 19.0. The summed E-state index contributed by atoms with van der Waals surface area (Å²) in [6.07, 6.45) is 3.32. The number of nitrogens with zero attached hydrogens (tertiary/aromatic N) is 1. The third kappa shape index (κ3) is 3.65. The molecule has 1 saturated heterocycles. The van der Waals surface area contributed by atoms with Crippen molar-refractivity contribution < 1.29 is 39.3 Å². The van der Waals surface area contributed by atoms with Crippen molar-refractivity contribution in [3.8, 4) is 11.5 Å². The van der Waals surface area contributed by atoms with Gasteiger partial charge in [0, 0.05) is 39.3 Å². The second-order valence-electron chi connectivity index (χ2n) is 10.5. The minimum Gasteiger partial charge on any atom is -0.508 e. The fourth-order valence-corrected chi connectivity index (χ4v) is 6.75. The molecule has 0 bridgehead atoms. The molecule has 6 rings (SSSR count). The fourth-order valence-electron chi connectivity index (χ4n) is 6.57. The lowest BCUT2D eigenvalue weighted by molar-refractivity contribution is -0.123. The number of anilines is 1. The van der Waals surface area contributed by atoms with Crippen LogP contribution < -0.4 is 4.90 Å². The van der Waals surface area contributed by atoms with Crippen LogP contribution in [-0.4, -0.2) is 44.7 Å². The van der Waals surface area contributed by atoms with Crippen molar-refractivity contribution in [2.45, 2.75) is 25.7 Å². The maximum atomic E-state index is 13.9. The first kappa shape index (κ1) is 25.8. The van der Waals surface area contributed by atoms with Gasteiger partial charge in [0.2, 0.25) is 11.8 Å². The Morgan fingerprint density at radius 2 is 1.73 bits per heavy atom. The molecule has 3 N–H and O–H groups in total. The van der Waals surface area contributed by atoms with Crippen LogP contribution in [0.3, 0.4) is 0 Å². The van der Waals surface area contributed by atoms with E-state index in [-0.39, 0.29) is 58.1 Å². The van der Waals surface area contributed by atoms with E-state index in [1.54, 1.807) is 6.92 Å². The van der Waals surface area contributed by atoms with Crippen molar-refractivity contribution in [1.82, 2.24) is 0 Å². The topological polar surface area (TPSA) is 149 Å². The van der Waals surface area contributed by atoms with Crippen LogP contribution in [-0.2, 0) is 19.2 Å². The average molecular weight is 560 g/mol. The minimum absolute atomic E-state index is 0.0377. The first-order valence-corrected chi connectivity index (χ1v) is 13.0. The number of rotatable bonds is 3. The number of imide groups is 1. The molecule has 4 unspecified atom stereocenters. The SMILES string of the molecule is CC1=CC(=O)C2=C(C1=O)C(c1cc(Cl)ccc1O)C1=CCC3C(=O)N(c4ccc(C(=O)O)c(O)c4)C(=O)C3C1C2. The summed E-state index contributed by atoms with van der Waals surface area (Å²) in [4.78, 5) is 66.3. The molecule has 4 atom stereocenters. The number of aromatic carboxylic acids is 1. The summed E-state index contributed by atoms with van der Waals surface area (Å²) < 4.78 is 0. The predicted molar refractivity (Wildman–Crippen MR) is 142 cm³/mol. The van der Waals surface area contributed by atoms with Crippen molar-refractivity contribution in [3.63, 3.8) is 0 Å². The summed E-state index contributed by atoms with van der Waals surface area (Å²) in [6.45, 7) is 1.55. The molecular weight excluding hydrogens is 538 g/mol. The van der Waals surface area contributed by atoms with E-state index in [4.69, 9.17) is 11.6 Å². The van der Waals surface area contributed by atoms with Gasteiger partial charge in [-0.05, 0) is 62.1 Å². The third-order valence-electron chi connectivity index (χ3n) is 8.34. The second kappa shape index (κ2) is 9.02. The second-order valence-corrected chi connectivity index (χ2v) is 10.9. The van der Waals surface area contributed by atoms with Crippen LogP contribution in [0, 0.1) is 17.8 Å². The van der Waals surface area contributed by atoms with E-state index >= 15 is 0 Å². The molecular formula is C30H22ClNO8. The normalized spacial score (nSPS) is 25.8. The number of carboxylic acid groups (broad SMARTS) is 1. The highest BCUT2D eigenvalue weighted by Crippen LogP contribution is 2.56. The van der Waals surface area contributed by atoms with Crippen LogP contribution >= 0.6 is 11.6 Å². The summed E-state index contributed by atoms with van der Waals surface area (Å²) in [5.74, 6) is -6.91. The van der Waals surface area contributed by atoms with Crippen molar-refractivity contribution in [1.29, 1.82) is 0 Å². The van der Waals surface area contributed by atoms with E-state index in [2.05, 4.69) is 0 Å². The highest BCUT2D eigenvalue weighted by Gasteiger charge is 2.57. The fraction of sp³-hybridized carbons (Fsp3) is 0.233. The van der Waals surface area contributed by atoms with E-state index in [0.29, 0.717) is 16.2 Å². The number of carboxylic acids is 1. The van der Waals surface area contributed by atoms with Gasteiger partial charge in [0.15, 0.2) is 11.6 Å². The molecule has 2 aromatic carbocycles. The van der Waals surface area contributed by atoms with Crippen LogP contribution in [0.1, 0.15) is 41.6 Å². The standard InChI is InChI=1S/C30H22ClNO8/c1-12-8-22(34)20-11-18-15(24(26(20)27(12)36)19-9-13(31)2-7-21(19)33)5-6-17-25(18)29(38)32(28(17)37)14-3-4-16(30(39)40)23(35)10-14/h2-5,7-10,17-18,24-25,33,35H,6,11H2,1H3,(H,39,40). The molecule has 3 aliphatic carbocycles. The smallest absolute Gasteiger partial charge is 0.339 e. The average Bonchev–Trinajstić information content (AvgIpc) is 3.17. The molecule has 1 aliphatic heterocycles. The zero-order valence-electron chi connectivity index (χ0n) is 21.1. The summed E-state index contributed by atoms with van der Waals surface area (Å²) in [5.41, 5.74) is 1.40. The number of Topliss-reactive ketones (excluding diaryl/α,β-unsaturated/α-hetero) is 1. The zero-order chi connectivity index (χ0) is 28.6. The van der Waals surface area contributed by atoms with Gasteiger partial charge in [-0.15, -0.1) is 0 Å². The Kier molecular flexibility index (Phi) is 5.81. The summed E-state index contributed by atoms with van der Waals surface area (Å²) in [6, 6.07) is 7.92. The van der Waals surface area contributed by atoms with Gasteiger partial charge in [0.25, 0.3) is 0 Å². The van der Waals surface area contributed by atoms with Crippen molar-refractivity contribution in [2.24, 2.45) is 17.8 Å². The Hall–Kier alpha value is -4.50. The lowest BCUT2D eigenvalue weighted by Gasteiger charge is -2.42. The molecule has 40 heavy (non-hydrogen) atoms. The molecule has 1 heterocycles. The van der Waals surface area contributed by atoms with Crippen LogP contribution in [0.4, 0.5) is 5.69 Å². The highest BCUT2D eigenvalue weighted by atomic mass is 35.5. The van der Waals surface area contributed by atoms with Gasteiger partial charge in [-0.25, -0.2) is 9.69 Å². The molecule has 0 radical (unpaired) electrons. The number of phenols is 2. The van der Waals surface area contributed by atoms with Crippen LogP contribution in [0.15, 0.2) is 70.8 Å². The Balaban J connectivity index is 1.48.